The number of rotatable bonds is 2. The van der Waals surface area contributed by atoms with Crippen molar-refractivity contribution < 1.29 is 4.79 Å². The molecule has 3 aromatic carbocycles. The molecule has 0 fully saturated rings. The lowest BCUT2D eigenvalue weighted by atomic mass is 10.1. The molecule has 24 heavy (non-hydrogen) atoms. The van der Waals surface area contributed by atoms with E-state index in [0.717, 1.165) is 5.56 Å². The van der Waals surface area contributed by atoms with Crippen molar-refractivity contribution in [3.05, 3.63) is 77.4 Å². The van der Waals surface area contributed by atoms with Crippen LogP contribution in [0, 0.1) is 13.8 Å². The zero-order valence-corrected chi connectivity index (χ0v) is 14.9. The van der Waals surface area contributed by atoms with Gasteiger partial charge in [0.1, 0.15) is 0 Å². The number of ketones is 1. The topological polar surface area (TPSA) is 17.1 Å². The monoisotopic (exact) mass is 331 g/mol. The maximum absolute atomic E-state index is 11.8. The lowest BCUT2D eigenvalue weighted by molar-refractivity contribution is 0.101. The smallest absolute Gasteiger partial charge is 0.187 e. The minimum Gasteiger partial charge on any atom is -0.295 e. The number of thiophene rings is 1. The van der Waals surface area contributed by atoms with E-state index >= 15 is 0 Å². The molecule has 0 spiro atoms. The number of benzene rings is 3. The summed E-state index contributed by atoms with van der Waals surface area (Å²) in [6.07, 6.45) is 0. The Labute approximate surface area is 144 Å². The summed E-state index contributed by atoms with van der Waals surface area (Å²) >= 11 is 0. The van der Waals surface area contributed by atoms with Gasteiger partial charge in [0.15, 0.2) is 20.1 Å². The summed E-state index contributed by atoms with van der Waals surface area (Å²) in [6, 6.07) is 21.5. The van der Waals surface area contributed by atoms with Gasteiger partial charge in [-0.3, -0.25) is 4.79 Å². The fourth-order valence-corrected chi connectivity index (χ4v) is 5.90. The Hall–Kier alpha value is -2.45. The van der Waals surface area contributed by atoms with Crippen molar-refractivity contribution in [2.45, 2.75) is 20.8 Å². The summed E-state index contributed by atoms with van der Waals surface area (Å²) in [4.78, 5) is 13.2. The van der Waals surface area contributed by atoms with Crippen molar-refractivity contribution in [2.75, 3.05) is 0 Å². The predicted octanol–water partition coefficient (Wildman–Crippen LogP) is 6.55. The minimum absolute atomic E-state index is 0.0952. The largest absolute Gasteiger partial charge is 0.295 e. The van der Waals surface area contributed by atoms with Gasteiger partial charge in [-0.15, -0.1) is 0 Å². The Morgan fingerprint density at radius 2 is 1.58 bits per heavy atom. The second-order valence-corrected chi connectivity index (χ2v) is 8.27. The first kappa shape index (κ1) is 15.1. The SMILES string of the molecule is CC(=O)c1ccc2c(c1)c1ccccc1[s+]2-c1cc(C)ccc1C. The first-order valence-corrected chi connectivity index (χ1v) is 9.34. The molecule has 0 saturated carbocycles. The van der Waals surface area contributed by atoms with E-state index in [1.54, 1.807) is 6.92 Å². The number of fused-ring (bicyclic) bond motifs is 3. The van der Waals surface area contributed by atoms with Crippen LogP contribution in [0.3, 0.4) is 0 Å². The second kappa shape index (κ2) is 5.57. The van der Waals surface area contributed by atoms with Crippen molar-refractivity contribution in [3.8, 4) is 4.90 Å². The third kappa shape index (κ3) is 2.26. The average Bonchev–Trinajstić information content (AvgIpc) is 2.91. The molecule has 0 aliphatic rings. The normalized spacial score (nSPS) is 12.0. The number of hydrogen-bond acceptors (Lipinski definition) is 1. The molecule has 0 radical (unpaired) electrons. The summed E-state index contributed by atoms with van der Waals surface area (Å²) in [5.41, 5.74) is 3.39. The Kier molecular flexibility index (Phi) is 3.50. The van der Waals surface area contributed by atoms with E-state index in [1.165, 1.54) is 36.2 Å². The average molecular weight is 331 g/mol. The van der Waals surface area contributed by atoms with Crippen LogP contribution in [0.4, 0.5) is 0 Å². The van der Waals surface area contributed by atoms with Crippen LogP contribution < -0.4 is 0 Å². The van der Waals surface area contributed by atoms with Gasteiger partial charge in [0.25, 0.3) is 0 Å². The highest BCUT2D eigenvalue weighted by Gasteiger charge is 2.25. The molecule has 4 aromatic rings. The predicted molar refractivity (Wildman–Crippen MR) is 105 cm³/mol. The van der Waals surface area contributed by atoms with E-state index in [1.807, 2.05) is 6.07 Å². The molecule has 1 aromatic heterocycles. The highest BCUT2D eigenvalue weighted by Crippen LogP contribution is 2.49. The molecule has 4 rings (SSSR count). The van der Waals surface area contributed by atoms with E-state index in [-0.39, 0.29) is 16.3 Å². The van der Waals surface area contributed by atoms with Crippen LogP contribution >= 0.6 is 10.5 Å². The molecule has 0 bridgehead atoms. The molecule has 0 amide bonds. The molecule has 1 nitrogen and oxygen atoms in total. The van der Waals surface area contributed by atoms with E-state index in [0.29, 0.717) is 0 Å². The lowest BCUT2D eigenvalue weighted by Gasteiger charge is -2.00. The van der Waals surface area contributed by atoms with Crippen LogP contribution in [0.2, 0.25) is 0 Å². The van der Waals surface area contributed by atoms with E-state index in [9.17, 15) is 4.79 Å². The molecule has 0 N–H and O–H groups in total. The van der Waals surface area contributed by atoms with Crippen LogP contribution in [0.5, 0.6) is 0 Å². The van der Waals surface area contributed by atoms with Crippen LogP contribution in [-0.4, -0.2) is 5.78 Å². The molecular formula is C22H19OS+. The van der Waals surface area contributed by atoms with Crippen LogP contribution in [0.15, 0.2) is 60.7 Å². The Morgan fingerprint density at radius 1 is 0.833 bits per heavy atom. The summed E-state index contributed by atoms with van der Waals surface area (Å²) in [5.74, 6) is 0.119. The van der Waals surface area contributed by atoms with Crippen LogP contribution in [0.25, 0.3) is 25.1 Å². The lowest BCUT2D eigenvalue weighted by Crippen LogP contribution is -1.90. The highest BCUT2D eigenvalue weighted by atomic mass is 32.2. The van der Waals surface area contributed by atoms with Crippen LogP contribution in [-0.2, 0) is 0 Å². The van der Waals surface area contributed by atoms with Gasteiger partial charge in [0, 0.05) is 38.4 Å². The third-order valence-electron chi connectivity index (χ3n) is 4.57. The quantitative estimate of drug-likeness (QED) is 0.300. The maximum Gasteiger partial charge on any atom is 0.187 e. The number of carbonyl (C=O) groups excluding carboxylic acids is 1. The number of Topliss-reactive ketones (excluding diaryl/α,β-unsaturated/α-hetero) is 1. The molecule has 0 saturated heterocycles. The number of hydrogen-bond donors (Lipinski definition) is 0. The van der Waals surface area contributed by atoms with Gasteiger partial charge in [0.2, 0.25) is 0 Å². The molecule has 0 aliphatic heterocycles. The van der Waals surface area contributed by atoms with Crippen molar-refractivity contribution in [1.82, 2.24) is 0 Å². The number of aryl methyl sites for hydroxylation is 2. The second-order valence-electron chi connectivity index (χ2n) is 6.34. The molecule has 0 aliphatic carbocycles. The minimum atomic E-state index is -0.0952. The fraction of sp³-hybridized carbons (Fsp3) is 0.136. The Bertz CT molecular complexity index is 1100. The molecular weight excluding hydrogens is 312 g/mol. The zero-order valence-electron chi connectivity index (χ0n) is 14.1. The number of carbonyl (C=O) groups is 1. The van der Waals surface area contributed by atoms with Crippen molar-refractivity contribution in [3.63, 3.8) is 0 Å². The molecule has 1 atom stereocenters. The van der Waals surface area contributed by atoms with Gasteiger partial charge in [0.05, 0.1) is 0 Å². The van der Waals surface area contributed by atoms with Crippen LogP contribution in [0.1, 0.15) is 28.4 Å². The zero-order chi connectivity index (χ0) is 16.8. The summed E-state index contributed by atoms with van der Waals surface area (Å²) < 4.78 is 2.69. The Balaban J connectivity index is 2.18. The van der Waals surface area contributed by atoms with Crippen molar-refractivity contribution >= 4 is 36.4 Å². The van der Waals surface area contributed by atoms with E-state index < -0.39 is 0 Å². The van der Waals surface area contributed by atoms with Gasteiger partial charge < -0.3 is 0 Å². The molecule has 2 heteroatoms. The van der Waals surface area contributed by atoms with Gasteiger partial charge in [-0.25, -0.2) is 0 Å². The van der Waals surface area contributed by atoms with E-state index in [4.69, 9.17) is 0 Å². The molecule has 1 unspecified atom stereocenters. The fourth-order valence-electron chi connectivity index (χ4n) is 3.29. The third-order valence-corrected chi connectivity index (χ3v) is 7.04. The molecule has 118 valence electrons. The van der Waals surface area contributed by atoms with E-state index in [2.05, 4.69) is 68.4 Å². The maximum atomic E-state index is 11.8. The highest BCUT2D eigenvalue weighted by molar-refractivity contribution is 7.50. The van der Waals surface area contributed by atoms with Gasteiger partial charge in [-0.05, 0) is 56.7 Å². The van der Waals surface area contributed by atoms with Gasteiger partial charge in [-0.1, -0.05) is 24.3 Å². The first-order chi connectivity index (χ1) is 11.6. The summed E-state index contributed by atoms with van der Waals surface area (Å²) in [5, 5.41) is 2.47. The van der Waals surface area contributed by atoms with Gasteiger partial charge >= 0.3 is 0 Å². The summed E-state index contributed by atoms with van der Waals surface area (Å²) in [7, 11) is -0.0952. The van der Waals surface area contributed by atoms with Gasteiger partial charge in [-0.2, -0.15) is 0 Å². The standard InChI is InChI=1S/C22H19OS/c1-14-8-9-15(2)22(12-14)24-20-7-5-4-6-18(20)19-13-17(16(3)23)10-11-21(19)24/h4-13H,1-3H3/q+1. The van der Waals surface area contributed by atoms with Crippen molar-refractivity contribution in [2.24, 2.45) is 0 Å². The molecule has 1 heterocycles. The summed E-state index contributed by atoms with van der Waals surface area (Å²) in [6.45, 7) is 5.97. The first-order valence-electron chi connectivity index (χ1n) is 8.12. The van der Waals surface area contributed by atoms with Crippen molar-refractivity contribution in [1.29, 1.82) is 0 Å². The Morgan fingerprint density at radius 3 is 2.38 bits per heavy atom.